The van der Waals surface area contributed by atoms with Crippen molar-refractivity contribution in [3.8, 4) is 0 Å². The summed E-state index contributed by atoms with van der Waals surface area (Å²) in [6.45, 7) is 1.40. The molecule has 2 rings (SSSR count). The number of carbonyl (C=O) groups excluding carboxylic acids is 3. The molecule has 0 aliphatic heterocycles. The Morgan fingerprint density at radius 3 is 2.46 bits per heavy atom. The SMILES string of the molecule is CCCCn1c(N)c(N(CCOC)C(=O)COC(=O)CCC(=O)c2ccc(F)cc2)c(=O)[nH]c1=O. The van der Waals surface area contributed by atoms with Crippen molar-refractivity contribution in [2.45, 2.75) is 39.2 Å². The first-order chi connectivity index (χ1) is 16.7. The molecule has 0 saturated carbocycles. The van der Waals surface area contributed by atoms with Gasteiger partial charge in [0.1, 0.15) is 11.6 Å². The standard InChI is InChI=1S/C23H29FN4O7/c1-3-4-11-28-21(25)20(22(32)26-23(28)33)27(12-13-34-2)18(30)14-35-19(31)10-9-17(29)15-5-7-16(24)8-6-15/h5-8H,3-4,9-14,25H2,1-2H3,(H,26,32,33). The van der Waals surface area contributed by atoms with Crippen LogP contribution in [-0.2, 0) is 25.6 Å². The smallest absolute Gasteiger partial charge is 0.330 e. The summed E-state index contributed by atoms with van der Waals surface area (Å²) >= 11 is 0. The molecule has 190 valence electrons. The Hall–Kier alpha value is -3.80. The van der Waals surface area contributed by atoms with Crippen molar-refractivity contribution in [3.63, 3.8) is 0 Å². The number of carbonyl (C=O) groups is 3. The van der Waals surface area contributed by atoms with E-state index in [0.717, 1.165) is 23.5 Å². The summed E-state index contributed by atoms with van der Waals surface area (Å²) in [7, 11) is 1.40. The van der Waals surface area contributed by atoms with Crippen molar-refractivity contribution < 1.29 is 28.2 Å². The second-order valence-corrected chi connectivity index (χ2v) is 7.63. The number of anilines is 2. The number of nitrogens with one attached hydrogen (secondary N) is 1. The van der Waals surface area contributed by atoms with Crippen molar-refractivity contribution in [1.29, 1.82) is 0 Å². The van der Waals surface area contributed by atoms with Crippen LogP contribution in [0.15, 0.2) is 33.9 Å². The number of nitrogens with zero attached hydrogens (tertiary/aromatic N) is 2. The summed E-state index contributed by atoms with van der Waals surface area (Å²) in [5, 5.41) is 0. The number of H-pyrrole nitrogens is 1. The summed E-state index contributed by atoms with van der Waals surface area (Å²) in [5.41, 5.74) is 4.52. The zero-order chi connectivity index (χ0) is 26.0. The molecule has 2 aromatic rings. The van der Waals surface area contributed by atoms with Gasteiger partial charge in [-0.05, 0) is 30.7 Å². The van der Waals surface area contributed by atoms with E-state index in [2.05, 4.69) is 4.98 Å². The normalized spacial score (nSPS) is 10.7. The molecule has 0 unspecified atom stereocenters. The fraction of sp³-hybridized carbons (Fsp3) is 0.435. The van der Waals surface area contributed by atoms with Gasteiger partial charge in [-0.25, -0.2) is 9.18 Å². The van der Waals surface area contributed by atoms with Crippen LogP contribution in [0.1, 0.15) is 43.0 Å². The van der Waals surface area contributed by atoms with Gasteiger partial charge >= 0.3 is 11.7 Å². The van der Waals surface area contributed by atoms with Crippen LogP contribution in [0, 0.1) is 5.82 Å². The largest absolute Gasteiger partial charge is 0.456 e. The predicted molar refractivity (Wildman–Crippen MR) is 126 cm³/mol. The van der Waals surface area contributed by atoms with E-state index >= 15 is 0 Å². The number of hydrogen-bond donors (Lipinski definition) is 2. The number of esters is 1. The summed E-state index contributed by atoms with van der Waals surface area (Å²) in [6.07, 6.45) is 0.898. The van der Waals surface area contributed by atoms with Crippen LogP contribution in [0.3, 0.4) is 0 Å². The minimum atomic E-state index is -0.860. The molecule has 3 N–H and O–H groups in total. The van der Waals surface area contributed by atoms with Crippen LogP contribution < -0.4 is 21.9 Å². The predicted octanol–water partition coefficient (Wildman–Crippen LogP) is 1.24. The molecule has 11 nitrogen and oxygen atoms in total. The molecule has 35 heavy (non-hydrogen) atoms. The highest BCUT2D eigenvalue weighted by atomic mass is 19.1. The molecule has 0 aliphatic rings. The monoisotopic (exact) mass is 492 g/mol. The molecule has 1 aromatic carbocycles. The lowest BCUT2D eigenvalue weighted by Crippen LogP contribution is -2.44. The number of methoxy groups -OCH3 is 1. The van der Waals surface area contributed by atoms with E-state index in [1.807, 2.05) is 6.92 Å². The number of ketones is 1. The van der Waals surface area contributed by atoms with E-state index in [4.69, 9.17) is 15.2 Å². The van der Waals surface area contributed by atoms with Gasteiger partial charge in [0.05, 0.1) is 13.0 Å². The van der Waals surface area contributed by atoms with Gasteiger partial charge in [-0.2, -0.15) is 0 Å². The Morgan fingerprint density at radius 2 is 1.83 bits per heavy atom. The van der Waals surface area contributed by atoms with Crippen LogP contribution in [0.4, 0.5) is 15.9 Å². The third kappa shape index (κ3) is 7.60. The molecule has 1 heterocycles. The molecule has 1 aromatic heterocycles. The summed E-state index contributed by atoms with van der Waals surface area (Å²) in [5.74, 6) is -2.64. The fourth-order valence-electron chi connectivity index (χ4n) is 3.21. The van der Waals surface area contributed by atoms with Gasteiger partial charge in [0.25, 0.3) is 11.5 Å². The lowest BCUT2D eigenvalue weighted by atomic mass is 10.1. The number of unbranched alkanes of at least 4 members (excludes halogenated alkanes) is 1. The van der Waals surface area contributed by atoms with Crippen molar-refractivity contribution >= 4 is 29.2 Å². The molecular formula is C23H29FN4O7. The number of benzene rings is 1. The Balaban J connectivity index is 2.10. The third-order valence-electron chi connectivity index (χ3n) is 5.12. The number of hydrogen-bond acceptors (Lipinski definition) is 8. The van der Waals surface area contributed by atoms with Crippen molar-refractivity contribution in [1.82, 2.24) is 9.55 Å². The maximum absolute atomic E-state index is 13.0. The second-order valence-electron chi connectivity index (χ2n) is 7.63. The first kappa shape index (κ1) is 27.4. The van der Waals surface area contributed by atoms with Crippen LogP contribution in [0.5, 0.6) is 0 Å². The zero-order valence-corrected chi connectivity index (χ0v) is 19.7. The highest BCUT2D eigenvalue weighted by Crippen LogP contribution is 2.17. The average molecular weight is 493 g/mol. The van der Waals surface area contributed by atoms with Gasteiger partial charge in [0.2, 0.25) is 0 Å². The van der Waals surface area contributed by atoms with Crippen LogP contribution in [0.2, 0.25) is 0 Å². The van der Waals surface area contributed by atoms with E-state index in [9.17, 15) is 28.4 Å². The molecule has 0 radical (unpaired) electrons. The summed E-state index contributed by atoms with van der Waals surface area (Å²) < 4.78 is 24.1. The van der Waals surface area contributed by atoms with Gasteiger partial charge in [-0.1, -0.05) is 13.3 Å². The fourth-order valence-corrected chi connectivity index (χ4v) is 3.21. The quantitative estimate of drug-likeness (QED) is 0.313. The molecule has 0 fully saturated rings. The molecule has 0 saturated heterocycles. The number of amides is 1. The maximum Gasteiger partial charge on any atom is 0.330 e. The maximum atomic E-state index is 13.0. The number of ether oxygens (including phenoxy) is 2. The van der Waals surface area contributed by atoms with Crippen molar-refractivity contribution in [2.75, 3.05) is 37.5 Å². The Bertz CT molecular complexity index is 1160. The Labute approximate surface area is 200 Å². The average Bonchev–Trinajstić information content (AvgIpc) is 2.83. The van der Waals surface area contributed by atoms with E-state index in [-0.39, 0.29) is 55.4 Å². The van der Waals surface area contributed by atoms with Crippen LogP contribution in [-0.4, -0.2) is 54.1 Å². The minimum absolute atomic E-state index is 0.0405. The topological polar surface area (TPSA) is 154 Å². The van der Waals surface area contributed by atoms with Gasteiger partial charge in [-0.3, -0.25) is 33.6 Å². The van der Waals surface area contributed by atoms with Gasteiger partial charge < -0.3 is 15.2 Å². The lowest BCUT2D eigenvalue weighted by molar-refractivity contribution is -0.147. The number of rotatable bonds is 13. The van der Waals surface area contributed by atoms with E-state index in [1.54, 1.807) is 0 Å². The first-order valence-electron chi connectivity index (χ1n) is 11.1. The van der Waals surface area contributed by atoms with E-state index < -0.39 is 35.5 Å². The van der Waals surface area contributed by atoms with Crippen molar-refractivity contribution in [3.05, 3.63) is 56.5 Å². The zero-order valence-electron chi connectivity index (χ0n) is 19.7. The third-order valence-corrected chi connectivity index (χ3v) is 5.12. The molecule has 0 spiro atoms. The van der Waals surface area contributed by atoms with Crippen LogP contribution >= 0.6 is 0 Å². The van der Waals surface area contributed by atoms with Gasteiger partial charge in [0, 0.05) is 32.2 Å². The minimum Gasteiger partial charge on any atom is -0.456 e. The number of Topliss-reactive ketones (excluding diaryl/α,β-unsaturated/α-hetero) is 1. The number of aromatic nitrogens is 2. The lowest BCUT2D eigenvalue weighted by Gasteiger charge is -2.24. The van der Waals surface area contributed by atoms with E-state index in [1.165, 1.54) is 23.8 Å². The summed E-state index contributed by atoms with van der Waals surface area (Å²) in [6, 6.07) is 4.89. The summed E-state index contributed by atoms with van der Waals surface area (Å²) in [4.78, 5) is 64.9. The number of halogens is 1. The molecule has 12 heteroatoms. The second kappa shape index (κ2) is 13.2. The van der Waals surface area contributed by atoms with Crippen LogP contribution in [0.25, 0.3) is 0 Å². The van der Waals surface area contributed by atoms with E-state index in [0.29, 0.717) is 6.42 Å². The molecule has 0 aliphatic carbocycles. The molecule has 1 amide bonds. The van der Waals surface area contributed by atoms with Crippen molar-refractivity contribution in [2.24, 2.45) is 0 Å². The number of nitrogen functional groups attached to an aromatic ring is 1. The van der Waals surface area contributed by atoms with Gasteiger partial charge in [-0.15, -0.1) is 0 Å². The molecule has 0 bridgehead atoms. The van der Waals surface area contributed by atoms with Gasteiger partial charge in [0.15, 0.2) is 18.1 Å². The number of nitrogens with two attached hydrogens (primary N) is 1. The Kier molecular flexibility index (Phi) is 10.3. The number of aromatic amines is 1. The highest BCUT2D eigenvalue weighted by molar-refractivity contribution is 5.98. The first-order valence-corrected chi connectivity index (χ1v) is 11.1. The molecule has 0 atom stereocenters. The molecular weight excluding hydrogens is 463 g/mol. The Morgan fingerprint density at radius 1 is 1.14 bits per heavy atom. The highest BCUT2D eigenvalue weighted by Gasteiger charge is 2.25.